The SMILES string of the molecule is C=CCSc1nnc2c(n1)O[C@H](c1c(F)cccc1Cl)N(C(C)=O)c1ccccc1-2. The molecule has 6 nitrogen and oxygen atoms in total. The van der Waals surface area contributed by atoms with Gasteiger partial charge < -0.3 is 4.74 Å². The van der Waals surface area contributed by atoms with Crippen molar-refractivity contribution in [2.24, 2.45) is 0 Å². The molecule has 1 atom stereocenters. The molecule has 9 heteroatoms. The molecule has 0 unspecified atom stereocenters. The first-order valence-corrected chi connectivity index (χ1v) is 10.4. The Balaban J connectivity index is 1.96. The van der Waals surface area contributed by atoms with Crippen LogP contribution >= 0.6 is 23.4 Å². The fourth-order valence-corrected chi connectivity index (χ4v) is 3.95. The van der Waals surface area contributed by atoms with E-state index in [0.717, 1.165) is 0 Å². The Labute approximate surface area is 181 Å². The van der Waals surface area contributed by atoms with E-state index >= 15 is 0 Å². The number of aromatic nitrogens is 3. The standard InChI is InChI=1S/C21H16ClFN4O2S/c1-3-11-30-21-24-19-18(25-26-21)13-7-4-5-10-16(13)27(12(2)28)20(29-19)17-14(22)8-6-9-15(17)23/h3-10,20H,1,11H2,2H3/t20-/m1/s1. The van der Waals surface area contributed by atoms with Gasteiger partial charge in [0.05, 0.1) is 16.3 Å². The minimum Gasteiger partial charge on any atom is -0.447 e. The lowest BCUT2D eigenvalue weighted by atomic mass is 10.1. The molecule has 0 spiro atoms. The highest BCUT2D eigenvalue weighted by atomic mass is 35.5. The van der Waals surface area contributed by atoms with Gasteiger partial charge in [-0.05, 0) is 18.2 Å². The topological polar surface area (TPSA) is 68.2 Å². The summed E-state index contributed by atoms with van der Waals surface area (Å²) < 4.78 is 20.9. The number of halogens is 2. The summed E-state index contributed by atoms with van der Waals surface area (Å²) in [6.07, 6.45) is 0.544. The maximum absolute atomic E-state index is 14.8. The van der Waals surface area contributed by atoms with Crippen LogP contribution in [0, 0.1) is 5.82 Å². The van der Waals surface area contributed by atoms with E-state index in [9.17, 15) is 9.18 Å². The van der Waals surface area contributed by atoms with E-state index < -0.39 is 12.0 Å². The normalized spacial score (nSPS) is 14.9. The van der Waals surface area contributed by atoms with Crippen LogP contribution in [0.25, 0.3) is 11.3 Å². The molecule has 0 saturated carbocycles. The van der Waals surface area contributed by atoms with E-state index in [2.05, 4.69) is 21.8 Å². The Morgan fingerprint density at radius 3 is 2.83 bits per heavy atom. The smallest absolute Gasteiger partial charge is 0.247 e. The van der Waals surface area contributed by atoms with Gasteiger partial charge in [0.1, 0.15) is 5.82 Å². The molecule has 2 aromatic carbocycles. The number of hydrogen-bond acceptors (Lipinski definition) is 6. The predicted octanol–water partition coefficient (Wildman–Crippen LogP) is 5.05. The van der Waals surface area contributed by atoms with E-state index in [-0.39, 0.29) is 22.4 Å². The number of carbonyl (C=O) groups excluding carboxylic acids is 1. The summed E-state index contributed by atoms with van der Waals surface area (Å²) in [5.41, 5.74) is 1.49. The maximum Gasteiger partial charge on any atom is 0.247 e. The number of para-hydroxylation sites is 1. The molecular formula is C21H16ClFN4O2S. The molecular weight excluding hydrogens is 427 g/mol. The number of nitrogens with zero attached hydrogens (tertiary/aromatic N) is 4. The van der Waals surface area contributed by atoms with Crippen molar-refractivity contribution in [2.75, 3.05) is 10.7 Å². The van der Waals surface area contributed by atoms with Crippen LogP contribution in [0.3, 0.4) is 0 Å². The number of amides is 1. The molecule has 0 saturated heterocycles. The molecule has 0 aliphatic carbocycles. The molecule has 152 valence electrons. The summed E-state index contributed by atoms with van der Waals surface area (Å²) in [7, 11) is 0. The number of carbonyl (C=O) groups is 1. The monoisotopic (exact) mass is 442 g/mol. The third-order valence-electron chi connectivity index (χ3n) is 4.43. The number of rotatable bonds is 4. The van der Waals surface area contributed by atoms with Crippen molar-refractivity contribution in [2.45, 2.75) is 18.3 Å². The van der Waals surface area contributed by atoms with E-state index in [4.69, 9.17) is 16.3 Å². The molecule has 2 heterocycles. The molecule has 1 aliphatic rings. The van der Waals surface area contributed by atoms with Gasteiger partial charge in [0, 0.05) is 18.2 Å². The van der Waals surface area contributed by atoms with Gasteiger partial charge in [-0.1, -0.05) is 53.7 Å². The molecule has 1 aromatic heterocycles. The summed E-state index contributed by atoms with van der Waals surface area (Å²) in [6.45, 7) is 5.06. The van der Waals surface area contributed by atoms with Gasteiger partial charge in [0.15, 0.2) is 5.69 Å². The van der Waals surface area contributed by atoms with Crippen molar-refractivity contribution in [3.63, 3.8) is 0 Å². The summed E-state index contributed by atoms with van der Waals surface area (Å²) in [4.78, 5) is 18.5. The average Bonchev–Trinajstić information content (AvgIpc) is 2.86. The zero-order chi connectivity index (χ0) is 21.3. The fourth-order valence-electron chi connectivity index (χ4n) is 3.18. The molecule has 0 bridgehead atoms. The first-order chi connectivity index (χ1) is 14.5. The van der Waals surface area contributed by atoms with Gasteiger partial charge in [0.2, 0.25) is 23.2 Å². The number of anilines is 1. The van der Waals surface area contributed by atoms with Crippen molar-refractivity contribution in [3.8, 4) is 17.1 Å². The molecule has 0 fully saturated rings. The Morgan fingerprint density at radius 2 is 2.10 bits per heavy atom. The van der Waals surface area contributed by atoms with Crippen LogP contribution in [0.4, 0.5) is 10.1 Å². The maximum atomic E-state index is 14.8. The van der Waals surface area contributed by atoms with Crippen LogP contribution in [0.1, 0.15) is 18.7 Å². The van der Waals surface area contributed by atoms with Gasteiger partial charge in [-0.3, -0.25) is 9.69 Å². The zero-order valence-corrected chi connectivity index (χ0v) is 17.5. The Morgan fingerprint density at radius 1 is 1.30 bits per heavy atom. The summed E-state index contributed by atoms with van der Waals surface area (Å²) >= 11 is 7.65. The van der Waals surface area contributed by atoms with Crippen LogP contribution < -0.4 is 9.64 Å². The number of fused-ring (bicyclic) bond motifs is 3. The first kappa shape index (κ1) is 20.3. The first-order valence-electron chi connectivity index (χ1n) is 8.99. The quantitative estimate of drug-likeness (QED) is 0.416. The Kier molecular flexibility index (Phi) is 5.69. The van der Waals surface area contributed by atoms with Crippen LogP contribution in [-0.2, 0) is 4.79 Å². The fraction of sp³-hybridized carbons (Fsp3) is 0.143. The van der Waals surface area contributed by atoms with Gasteiger partial charge in [-0.2, -0.15) is 4.98 Å². The number of thioether (sulfide) groups is 1. The van der Waals surface area contributed by atoms with Gasteiger partial charge >= 0.3 is 0 Å². The molecule has 1 aliphatic heterocycles. The average molecular weight is 443 g/mol. The highest BCUT2D eigenvalue weighted by molar-refractivity contribution is 7.99. The lowest BCUT2D eigenvalue weighted by Crippen LogP contribution is -2.36. The lowest BCUT2D eigenvalue weighted by molar-refractivity contribution is -0.118. The van der Waals surface area contributed by atoms with Gasteiger partial charge in [-0.25, -0.2) is 4.39 Å². The highest BCUT2D eigenvalue weighted by Crippen LogP contribution is 2.44. The third-order valence-corrected chi connectivity index (χ3v) is 5.59. The highest BCUT2D eigenvalue weighted by Gasteiger charge is 2.37. The lowest BCUT2D eigenvalue weighted by Gasteiger charge is -2.30. The van der Waals surface area contributed by atoms with Crippen molar-refractivity contribution in [3.05, 3.63) is 71.5 Å². The van der Waals surface area contributed by atoms with Crippen LogP contribution in [-0.4, -0.2) is 26.8 Å². The minimum atomic E-state index is -1.17. The molecule has 1 amide bonds. The Hall–Kier alpha value is -2.97. The van der Waals surface area contributed by atoms with E-state index in [1.807, 2.05) is 0 Å². The van der Waals surface area contributed by atoms with Crippen molar-refractivity contribution in [1.29, 1.82) is 0 Å². The van der Waals surface area contributed by atoms with E-state index in [1.165, 1.54) is 35.7 Å². The largest absolute Gasteiger partial charge is 0.447 e. The van der Waals surface area contributed by atoms with Crippen molar-refractivity contribution in [1.82, 2.24) is 15.2 Å². The molecule has 0 radical (unpaired) electrons. The number of hydrogen-bond donors (Lipinski definition) is 0. The van der Waals surface area contributed by atoms with Crippen LogP contribution in [0.15, 0.2) is 60.3 Å². The number of benzene rings is 2. The van der Waals surface area contributed by atoms with E-state index in [1.54, 1.807) is 36.4 Å². The predicted molar refractivity (Wildman–Crippen MR) is 114 cm³/mol. The summed E-state index contributed by atoms with van der Waals surface area (Å²) in [5, 5.41) is 8.94. The number of ether oxygens (including phenoxy) is 1. The second-order valence-electron chi connectivity index (χ2n) is 6.36. The van der Waals surface area contributed by atoms with Crippen molar-refractivity contribution >= 4 is 35.0 Å². The van der Waals surface area contributed by atoms with Gasteiger partial charge in [-0.15, -0.1) is 16.8 Å². The molecule has 0 N–H and O–H groups in total. The third kappa shape index (κ3) is 3.64. The second-order valence-corrected chi connectivity index (χ2v) is 7.75. The van der Waals surface area contributed by atoms with E-state index in [0.29, 0.717) is 27.9 Å². The Bertz CT molecular complexity index is 1120. The van der Waals surface area contributed by atoms with Crippen molar-refractivity contribution < 1.29 is 13.9 Å². The second kappa shape index (κ2) is 8.41. The van der Waals surface area contributed by atoms with Crippen LogP contribution in [0.5, 0.6) is 5.88 Å². The summed E-state index contributed by atoms with van der Waals surface area (Å²) in [5.74, 6) is -0.229. The minimum absolute atomic E-state index is 0.0379. The summed E-state index contributed by atoms with van der Waals surface area (Å²) in [6, 6.07) is 11.4. The molecule has 4 rings (SSSR count). The van der Waals surface area contributed by atoms with Crippen LogP contribution in [0.2, 0.25) is 5.02 Å². The molecule has 30 heavy (non-hydrogen) atoms. The zero-order valence-electron chi connectivity index (χ0n) is 15.9. The molecule has 3 aromatic rings. The van der Waals surface area contributed by atoms with Gasteiger partial charge in [0.25, 0.3) is 0 Å².